The van der Waals surface area contributed by atoms with E-state index in [1.165, 1.54) is 55.0 Å². The molecule has 118 valence electrons. The molecule has 2 heteroatoms. The summed E-state index contributed by atoms with van der Waals surface area (Å²) in [6, 6.07) is 9.44. The molecule has 0 bridgehead atoms. The van der Waals surface area contributed by atoms with E-state index in [1.807, 2.05) is 0 Å². The molecule has 0 spiro atoms. The number of nitrogens with one attached hydrogen (secondary N) is 1. The van der Waals surface area contributed by atoms with Gasteiger partial charge in [0.15, 0.2) is 0 Å². The molecule has 1 nitrogen and oxygen atoms in total. The van der Waals surface area contributed by atoms with Gasteiger partial charge < -0.3 is 5.32 Å². The van der Waals surface area contributed by atoms with Gasteiger partial charge in [0, 0.05) is 10.5 Å². The van der Waals surface area contributed by atoms with Gasteiger partial charge in [0.1, 0.15) is 0 Å². The minimum atomic E-state index is 0.584. The van der Waals surface area contributed by atoms with Crippen LogP contribution in [0.25, 0.3) is 0 Å². The van der Waals surface area contributed by atoms with Gasteiger partial charge in [-0.3, -0.25) is 0 Å². The first-order valence-electron chi connectivity index (χ1n) is 8.63. The Kier molecular flexibility index (Phi) is 7.25. The van der Waals surface area contributed by atoms with Gasteiger partial charge in [-0.05, 0) is 42.5 Å². The third-order valence-corrected chi connectivity index (χ3v) is 5.23. The third-order valence-electron chi connectivity index (χ3n) is 4.74. The summed E-state index contributed by atoms with van der Waals surface area (Å²) in [5, 5.41) is 3.69. The molecule has 0 aliphatic heterocycles. The Morgan fingerprint density at radius 2 is 1.86 bits per heavy atom. The summed E-state index contributed by atoms with van der Waals surface area (Å²) in [5.41, 5.74) is 1.48. The van der Waals surface area contributed by atoms with Crippen molar-refractivity contribution < 1.29 is 0 Å². The van der Waals surface area contributed by atoms with Crippen LogP contribution in [-0.2, 0) is 6.42 Å². The van der Waals surface area contributed by atoms with Gasteiger partial charge in [-0.2, -0.15) is 0 Å². The van der Waals surface area contributed by atoms with Crippen LogP contribution in [-0.4, -0.2) is 12.6 Å². The highest BCUT2D eigenvalue weighted by Crippen LogP contribution is 2.31. The van der Waals surface area contributed by atoms with Gasteiger partial charge in [-0.15, -0.1) is 0 Å². The standard InChI is InChI=1S/C19H30BrN/c1-15(2)21-14-18(17-9-5-3-4-6-10-17)12-16-8-7-11-19(20)13-16/h7-8,11,13,15,17-18,21H,3-6,9-10,12,14H2,1-2H3. The average Bonchev–Trinajstić information content (AvgIpc) is 2.72. The maximum Gasteiger partial charge on any atom is 0.0177 e. The molecule has 0 radical (unpaired) electrons. The second kappa shape index (κ2) is 8.95. The van der Waals surface area contributed by atoms with Crippen LogP contribution in [0.5, 0.6) is 0 Å². The molecule has 0 saturated heterocycles. The Morgan fingerprint density at radius 3 is 2.48 bits per heavy atom. The maximum absolute atomic E-state index is 3.69. The Morgan fingerprint density at radius 1 is 1.14 bits per heavy atom. The van der Waals surface area contributed by atoms with E-state index in [2.05, 4.69) is 59.4 Å². The van der Waals surface area contributed by atoms with E-state index in [0.29, 0.717) is 6.04 Å². The fourth-order valence-corrected chi connectivity index (χ4v) is 3.99. The second-order valence-electron chi connectivity index (χ2n) is 6.91. The van der Waals surface area contributed by atoms with Crippen molar-refractivity contribution in [2.24, 2.45) is 11.8 Å². The van der Waals surface area contributed by atoms with E-state index in [4.69, 9.17) is 0 Å². The molecule has 1 fully saturated rings. The number of hydrogen-bond donors (Lipinski definition) is 1. The van der Waals surface area contributed by atoms with Crippen molar-refractivity contribution in [3.8, 4) is 0 Å². The van der Waals surface area contributed by atoms with Gasteiger partial charge in [-0.1, -0.05) is 80.4 Å². The largest absolute Gasteiger partial charge is 0.314 e. The van der Waals surface area contributed by atoms with Crippen LogP contribution in [0.15, 0.2) is 28.7 Å². The Hall–Kier alpha value is -0.340. The highest BCUT2D eigenvalue weighted by molar-refractivity contribution is 9.10. The summed E-state index contributed by atoms with van der Waals surface area (Å²) in [5.74, 6) is 1.68. The monoisotopic (exact) mass is 351 g/mol. The van der Waals surface area contributed by atoms with Crippen molar-refractivity contribution in [3.63, 3.8) is 0 Å². The van der Waals surface area contributed by atoms with Crippen molar-refractivity contribution >= 4 is 15.9 Å². The summed E-state index contributed by atoms with van der Waals surface area (Å²) in [7, 11) is 0. The zero-order chi connectivity index (χ0) is 15.1. The molecule has 0 heterocycles. The Balaban J connectivity index is 2.03. The molecule has 1 aromatic carbocycles. The highest BCUT2D eigenvalue weighted by atomic mass is 79.9. The van der Waals surface area contributed by atoms with E-state index in [1.54, 1.807) is 0 Å². The molecule has 1 aliphatic carbocycles. The SMILES string of the molecule is CC(C)NCC(Cc1cccc(Br)c1)C1CCCCCC1. The molecule has 21 heavy (non-hydrogen) atoms. The van der Waals surface area contributed by atoms with Crippen LogP contribution in [0.1, 0.15) is 57.9 Å². The quantitative estimate of drug-likeness (QED) is 0.660. The smallest absolute Gasteiger partial charge is 0.0177 e. The first kappa shape index (κ1) is 17.0. The minimum Gasteiger partial charge on any atom is -0.314 e. The Bertz CT molecular complexity index is 408. The molecule has 1 aliphatic rings. The van der Waals surface area contributed by atoms with Crippen molar-refractivity contribution in [1.29, 1.82) is 0 Å². The lowest BCUT2D eigenvalue weighted by Gasteiger charge is -2.28. The lowest BCUT2D eigenvalue weighted by Crippen LogP contribution is -2.33. The zero-order valence-corrected chi connectivity index (χ0v) is 15.2. The van der Waals surface area contributed by atoms with Gasteiger partial charge in [0.2, 0.25) is 0 Å². The summed E-state index contributed by atoms with van der Waals surface area (Å²) in [6.45, 7) is 5.67. The minimum absolute atomic E-state index is 0.584. The molecular formula is C19H30BrN. The van der Waals surface area contributed by atoms with Crippen LogP contribution < -0.4 is 5.32 Å². The third kappa shape index (κ3) is 6.12. The van der Waals surface area contributed by atoms with E-state index in [9.17, 15) is 0 Å². The average molecular weight is 352 g/mol. The van der Waals surface area contributed by atoms with Crippen LogP contribution in [0.3, 0.4) is 0 Å². The number of hydrogen-bond acceptors (Lipinski definition) is 1. The van der Waals surface area contributed by atoms with Crippen molar-refractivity contribution in [1.82, 2.24) is 5.32 Å². The summed E-state index contributed by atoms with van der Waals surface area (Å²) in [4.78, 5) is 0. The molecule has 1 unspecified atom stereocenters. The maximum atomic E-state index is 3.69. The van der Waals surface area contributed by atoms with Crippen molar-refractivity contribution in [3.05, 3.63) is 34.3 Å². The number of benzene rings is 1. The van der Waals surface area contributed by atoms with Gasteiger partial charge in [-0.25, -0.2) is 0 Å². The first-order valence-corrected chi connectivity index (χ1v) is 9.42. The fourth-order valence-electron chi connectivity index (χ4n) is 3.54. The molecular weight excluding hydrogens is 322 g/mol. The lowest BCUT2D eigenvalue weighted by molar-refractivity contribution is 0.278. The molecule has 0 aromatic heterocycles. The number of halogens is 1. The predicted octanol–water partition coefficient (Wildman–Crippen LogP) is 5.58. The second-order valence-corrected chi connectivity index (χ2v) is 7.82. The normalized spacial score (nSPS) is 18.7. The first-order chi connectivity index (χ1) is 10.1. The highest BCUT2D eigenvalue weighted by Gasteiger charge is 2.23. The topological polar surface area (TPSA) is 12.0 Å². The van der Waals surface area contributed by atoms with Crippen LogP contribution in [0.2, 0.25) is 0 Å². The predicted molar refractivity (Wildman–Crippen MR) is 95.7 cm³/mol. The fraction of sp³-hybridized carbons (Fsp3) is 0.684. The molecule has 1 saturated carbocycles. The van der Waals surface area contributed by atoms with Crippen molar-refractivity contribution in [2.45, 2.75) is 64.8 Å². The van der Waals surface area contributed by atoms with Crippen molar-refractivity contribution in [2.75, 3.05) is 6.54 Å². The molecule has 1 atom stereocenters. The van der Waals surface area contributed by atoms with Gasteiger partial charge >= 0.3 is 0 Å². The van der Waals surface area contributed by atoms with Gasteiger partial charge in [0.25, 0.3) is 0 Å². The van der Waals surface area contributed by atoms with E-state index in [-0.39, 0.29) is 0 Å². The zero-order valence-electron chi connectivity index (χ0n) is 13.6. The van der Waals surface area contributed by atoms with Crippen LogP contribution >= 0.6 is 15.9 Å². The molecule has 0 amide bonds. The van der Waals surface area contributed by atoms with E-state index in [0.717, 1.165) is 18.4 Å². The summed E-state index contributed by atoms with van der Waals surface area (Å²) < 4.78 is 1.21. The van der Waals surface area contributed by atoms with Crippen LogP contribution in [0, 0.1) is 11.8 Å². The van der Waals surface area contributed by atoms with Gasteiger partial charge in [0.05, 0.1) is 0 Å². The Labute approximate surface area is 139 Å². The lowest BCUT2D eigenvalue weighted by atomic mass is 9.82. The molecule has 2 rings (SSSR count). The summed E-state index contributed by atoms with van der Waals surface area (Å²) >= 11 is 3.61. The van der Waals surface area contributed by atoms with E-state index >= 15 is 0 Å². The summed E-state index contributed by atoms with van der Waals surface area (Å²) in [6.07, 6.45) is 9.82. The molecule has 1 N–H and O–H groups in total. The molecule has 1 aromatic rings. The van der Waals surface area contributed by atoms with E-state index < -0.39 is 0 Å². The number of rotatable bonds is 6. The van der Waals surface area contributed by atoms with Crippen LogP contribution in [0.4, 0.5) is 0 Å².